The van der Waals surface area contributed by atoms with Crippen molar-refractivity contribution in [1.82, 2.24) is 20.1 Å². The van der Waals surface area contributed by atoms with Crippen LogP contribution < -0.4 is 5.32 Å². The van der Waals surface area contributed by atoms with Crippen LogP contribution >= 0.6 is 23.2 Å². The van der Waals surface area contributed by atoms with Gasteiger partial charge < -0.3 is 9.84 Å². The highest BCUT2D eigenvalue weighted by molar-refractivity contribution is 6.36. The van der Waals surface area contributed by atoms with Crippen LogP contribution in [0.1, 0.15) is 10.7 Å². The van der Waals surface area contributed by atoms with Crippen LogP contribution in [-0.4, -0.2) is 26.0 Å². The summed E-state index contributed by atoms with van der Waals surface area (Å²) in [7, 11) is 0. The Morgan fingerprint density at radius 3 is 2.82 bits per heavy atom. The van der Waals surface area contributed by atoms with E-state index in [0.29, 0.717) is 21.4 Å². The quantitative estimate of drug-likeness (QED) is 0.790. The van der Waals surface area contributed by atoms with Gasteiger partial charge in [0.2, 0.25) is 5.82 Å². The summed E-state index contributed by atoms with van der Waals surface area (Å²) in [6.45, 7) is 0. The topological polar surface area (TPSA) is 93.8 Å². The van der Waals surface area contributed by atoms with E-state index < -0.39 is 5.91 Å². The summed E-state index contributed by atoms with van der Waals surface area (Å²) in [5.41, 5.74) is 0.783. The van der Waals surface area contributed by atoms with Crippen LogP contribution in [0.2, 0.25) is 10.0 Å². The molecule has 0 bridgehead atoms. The average Bonchev–Trinajstić information content (AvgIpc) is 3.01. The van der Waals surface area contributed by atoms with Gasteiger partial charge in [0, 0.05) is 17.4 Å². The van der Waals surface area contributed by atoms with Crippen molar-refractivity contribution in [2.45, 2.75) is 0 Å². The molecule has 2 aromatic heterocycles. The first-order valence-corrected chi connectivity index (χ1v) is 6.75. The van der Waals surface area contributed by atoms with Gasteiger partial charge in [0.15, 0.2) is 0 Å². The number of rotatable bonds is 3. The predicted octanol–water partition coefficient (Wildman–Crippen LogP) is 3.09. The Bertz CT molecular complexity index is 822. The molecule has 0 radical (unpaired) electrons. The first-order chi connectivity index (χ1) is 10.6. The van der Waals surface area contributed by atoms with Crippen molar-refractivity contribution in [3.05, 3.63) is 52.7 Å². The Hall–Kier alpha value is -2.51. The minimum atomic E-state index is -0.591. The number of anilines is 1. The van der Waals surface area contributed by atoms with Crippen molar-refractivity contribution in [3.63, 3.8) is 0 Å². The molecule has 3 aromatic rings. The summed E-state index contributed by atoms with van der Waals surface area (Å²) in [5, 5.41) is 7.00. The highest BCUT2D eigenvalue weighted by atomic mass is 35.5. The fourth-order valence-electron chi connectivity index (χ4n) is 1.60. The molecule has 0 aliphatic heterocycles. The number of halogens is 2. The zero-order valence-corrected chi connectivity index (χ0v) is 12.3. The normalized spacial score (nSPS) is 10.5. The summed E-state index contributed by atoms with van der Waals surface area (Å²) in [5.74, 6) is -0.640. The lowest BCUT2D eigenvalue weighted by Gasteiger charge is -2.04. The van der Waals surface area contributed by atoms with Crippen molar-refractivity contribution >= 4 is 34.8 Å². The number of hydrogen-bond donors (Lipinski definition) is 1. The van der Waals surface area contributed by atoms with Gasteiger partial charge in [-0.15, -0.1) is 0 Å². The molecule has 1 N–H and O–H groups in total. The first-order valence-electron chi connectivity index (χ1n) is 6.00. The van der Waals surface area contributed by atoms with Gasteiger partial charge in [0.05, 0.1) is 16.9 Å². The lowest BCUT2D eigenvalue weighted by atomic mass is 10.3. The Balaban J connectivity index is 1.80. The first kappa shape index (κ1) is 14.4. The second kappa shape index (κ2) is 6.08. The van der Waals surface area contributed by atoms with Gasteiger partial charge in [-0.1, -0.05) is 28.4 Å². The van der Waals surface area contributed by atoms with Crippen LogP contribution in [0.25, 0.3) is 11.5 Å². The maximum absolute atomic E-state index is 12.1. The molecule has 0 saturated heterocycles. The van der Waals surface area contributed by atoms with Gasteiger partial charge in [-0.25, -0.2) is 4.98 Å². The van der Waals surface area contributed by atoms with Crippen LogP contribution in [0.15, 0.2) is 41.3 Å². The van der Waals surface area contributed by atoms with Crippen molar-refractivity contribution in [2.75, 3.05) is 5.32 Å². The number of carbonyl (C=O) groups is 1. The predicted molar refractivity (Wildman–Crippen MR) is 79.7 cm³/mol. The molecule has 0 aliphatic carbocycles. The Labute approximate surface area is 134 Å². The molecule has 0 spiro atoms. The van der Waals surface area contributed by atoms with Crippen LogP contribution in [0.3, 0.4) is 0 Å². The monoisotopic (exact) mass is 335 g/mol. The van der Waals surface area contributed by atoms with E-state index in [2.05, 4.69) is 25.4 Å². The second-order valence-corrected chi connectivity index (χ2v) is 4.94. The van der Waals surface area contributed by atoms with Gasteiger partial charge in [-0.05, 0) is 18.2 Å². The summed E-state index contributed by atoms with van der Waals surface area (Å²) >= 11 is 11.8. The highest BCUT2D eigenvalue weighted by Gasteiger charge is 2.18. The lowest BCUT2D eigenvalue weighted by molar-refractivity contribution is 0.0981. The van der Waals surface area contributed by atoms with Gasteiger partial charge in [-0.2, -0.15) is 4.98 Å². The van der Waals surface area contributed by atoms with Crippen LogP contribution in [0.5, 0.6) is 0 Å². The van der Waals surface area contributed by atoms with E-state index in [-0.39, 0.29) is 11.7 Å². The number of nitrogens with zero attached hydrogens (tertiary/aromatic N) is 4. The van der Waals surface area contributed by atoms with Crippen LogP contribution in [0.4, 0.5) is 5.69 Å². The Morgan fingerprint density at radius 2 is 2.09 bits per heavy atom. The van der Waals surface area contributed by atoms with E-state index in [1.54, 1.807) is 12.1 Å². The molecular formula is C13H7Cl2N5O2. The molecule has 0 unspecified atom stereocenters. The number of benzene rings is 1. The van der Waals surface area contributed by atoms with E-state index in [0.717, 1.165) is 0 Å². The van der Waals surface area contributed by atoms with E-state index >= 15 is 0 Å². The van der Waals surface area contributed by atoms with E-state index in [1.165, 1.54) is 24.7 Å². The van der Waals surface area contributed by atoms with Crippen molar-refractivity contribution in [2.24, 2.45) is 0 Å². The zero-order valence-electron chi connectivity index (χ0n) is 10.8. The lowest BCUT2D eigenvalue weighted by Crippen LogP contribution is -2.12. The van der Waals surface area contributed by atoms with Gasteiger partial charge in [0.25, 0.3) is 0 Å². The second-order valence-electron chi connectivity index (χ2n) is 4.09. The minimum Gasteiger partial charge on any atom is -0.328 e. The van der Waals surface area contributed by atoms with E-state index in [1.807, 2.05) is 0 Å². The molecule has 1 amide bonds. The maximum atomic E-state index is 12.1. The van der Waals surface area contributed by atoms with Gasteiger partial charge in [0.1, 0.15) is 5.69 Å². The number of aromatic nitrogens is 4. The van der Waals surface area contributed by atoms with Gasteiger partial charge >= 0.3 is 11.8 Å². The van der Waals surface area contributed by atoms with E-state index in [4.69, 9.17) is 27.7 Å². The van der Waals surface area contributed by atoms with E-state index in [9.17, 15) is 4.79 Å². The molecule has 0 saturated carbocycles. The molecule has 7 nitrogen and oxygen atoms in total. The molecule has 3 rings (SSSR count). The molecule has 0 atom stereocenters. The third-order valence-corrected chi connectivity index (χ3v) is 3.14. The fraction of sp³-hybridized carbons (Fsp3) is 0. The molecule has 1 aromatic carbocycles. The average molecular weight is 336 g/mol. The standard InChI is InChI=1S/C13H7Cl2N5O2/c14-7-1-2-9(8(15)5-7)18-12(21)13-19-11(20-22-13)10-6-16-3-4-17-10/h1-6H,(H,18,21). The largest absolute Gasteiger partial charge is 0.328 e. The Kier molecular flexibility index (Phi) is 3.99. The Morgan fingerprint density at radius 1 is 1.23 bits per heavy atom. The van der Waals surface area contributed by atoms with Crippen LogP contribution in [0, 0.1) is 0 Å². The summed E-state index contributed by atoms with van der Waals surface area (Å²) in [6.07, 6.45) is 4.46. The summed E-state index contributed by atoms with van der Waals surface area (Å²) in [6, 6.07) is 4.68. The van der Waals surface area contributed by atoms with Gasteiger partial charge in [-0.3, -0.25) is 9.78 Å². The van der Waals surface area contributed by atoms with Crippen molar-refractivity contribution in [3.8, 4) is 11.5 Å². The molecule has 2 heterocycles. The van der Waals surface area contributed by atoms with Crippen molar-refractivity contribution in [1.29, 1.82) is 0 Å². The molecule has 0 fully saturated rings. The SMILES string of the molecule is O=C(Nc1ccc(Cl)cc1Cl)c1nc(-c2cnccn2)no1. The molecule has 22 heavy (non-hydrogen) atoms. The highest BCUT2D eigenvalue weighted by Crippen LogP contribution is 2.25. The number of amides is 1. The molecule has 9 heteroatoms. The van der Waals surface area contributed by atoms with Crippen LogP contribution in [-0.2, 0) is 0 Å². The number of hydrogen-bond acceptors (Lipinski definition) is 6. The van der Waals surface area contributed by atoms with Crippen molar-refractivity contribution < 1.29 is 9.32 Å². The minimum absolute atomic E-state index is 0.167. The fourth-order valence-corrected chi connectivity index (χ4v) is 2.06. The smallest absolute Gasteiger partial charge is 0.316 e. The third-order valence-electron chi connectivity index (χ3n) is 2.59. The number of carbonyl (C=O) groups excluding carboxylic acids is 1. The summed E-state index contributed by atoms with van der Waals surface area (Å²) in [4.78, 5) is 23.9. The molecular weight excluding hydrogens is 329 g/mol. The summed E-state index contributed by atoms with van der Waals surface area (Å²) < 4.78 is 4.91. The maximum Gasteiger partial charge on any atom is 0.316 e. The molecule has 110 valence electrons. The third kappa shape index (κ3) is 3.05. The molecule has 0 aliphatic rings. The number of nitrogens with one attached hydrogen (secondary N) is 1. The zero-order chi connectivity index (χ0) is 15.5.